The maximum absolute atomic E-state index is 12.2. The highest BCUT2D eigenvalue weighted by atomic mass is 79.9. The predicted molar refractivity (Wildman–Crippen MR) is 138 cm³/mol. The van der Waals surface area contributed by atoms with Crippen LogP contribution in [-0.2, 0) is 17.9 Å². The molecule has 5 nitrogen and oxygen atoms in total. The summed E-state index contributed by atoms with van der Waals surface area (Å²) in [6.07, 6.45) is 0. The van der Waals surface area contributed by atoms with Crippen LogP contribution < -0.4 is 20.1 Å². The molecule has 33 heavy (non-hydrogen) atoms. The molecule has 0 saturated heterocycles. The lowest BCUT2D eigenvalue weighted by Gasteiger charge is -2.18. The molecular weight excluding hydrogens is 504 g/mol. The fraction of sp³-hybridized carbons (Fsp3) is 0.269. The van der Waals surface area contributed by atoms with E-state index in [0.29, 0.717) is 31.2 Å². The summed E-state index contributed by atoms with van der Waals surface area (Å²) in [7, 11) is 0. The fourth-order valence-corrected chi connectivity index (χ4v) is 3.67. The van der Waals surface area contributed by atoms with Crippen molar-refractivity contribution in [1.82, 2.24) is 10.6 Å². The third-order valence-electron chi connectivity index (χ3n) is 5.00. The fourth-order valence-electron chi connectivity index (χ4n) is 3.21. The van der Waals surface area contributed by atoms with Crippen LogP contribution in [0.4, 0.5) is 0 Å². The van der Waals surface area contributed by atoms with Crippen molar-refractivity contribution in [3.05, 3.63) is 94.0 Å². The third-order valence-corrected chi connectivity index (χ3v) is 5.74. The van der Waals surface area contributed by atoms with E-state index < -0.39 is 0 Å². The molecule has 0 aromatic heterocycles. The van der Waals surface area contributed by atoms with E-state index in [9.17, 15) is 4.79 Å². The zero-order valence-corrected chi connectivity index (χ0v) is 21.2. The molecule has 0 heterocycles. The van der Waals surface area contributed by atoms with Crippen molar-refractivity contribution in [2.24, 2.45) is 0 Å². The van der Waals surface area contributed by atoms with Gasteiger partial charge in [0.05, 0.1) is 6.61 Å². The third kappa shape index (κ3) is 8.39. The summed E-state index contributed by atoms with van der Waals surface area (Å²) < 4.78 is 12.5. The Kier molecular flexibility index (Phi) is 11.2. The Hall–Kier alpha value is -2.54. The average Bonchev–Trinajstić information content (AvgIpc) is 2.83. The number of carbonyl (C=O) groups is 1. The SMILES string of the molecule is CCOc1cc(CNC(C)c2ccccc2)c(Br)cc1OCC(=O)NCc1ccccc1.Cl. The van der Waals surface area contributed by atoms with E-state index in [1.807, 2.05) is 67.6 Å². The van der Waals surface area contributed by atoms with Gasteiger partial charge in [-0.3, -0.25) is 4.79 Å². The Morgan fingerprint density at radius 1 is 0.939 bits per heavy atom. The molecule has 0 radical (unpaired) electrons. The maximum Gasteiger partial charge on any atom is 0.258 e. The van der Waals surface area contributed by atoms with Gasteiger partial charge in [0.1, 0.15) is 0 Å². The Morgan fingerprint density at radius 2 is 1.58 bits per heavy atom. The van der Waals surface area contributed by atoms with Gasteiger partial charge in [-0.15, -0.1) is 12.4 Å². The molecule has 0 aliphatic rings. The smallest absolute Gasteiger partial charge is 0.258 e. The number of amides is 1. The number of rotatable bonds is 11. The van der Waals surface area contributed by atoms with E-state index in [4.69, 9.17) is 9.47 Å². The summed E-state index contributed by atoms with van der Waals surface area (Å²) in [5.41, 5.74) is 3.33. The van der Waals surface area contributed by atoms with Crippen molar-refractivity contribution >= 4 is 34.2 Å². The molecule has 1 unspecified atom stereocenters. The Morgan fingerprint density at radius 3 is 2.24 bits per heavy atom. The summed E-state index contributed by atoms with van der Waals surface area (Å²) in [5.74, 6) is 0.971. The molecule has 176 valence electrons. The van der Waals surface area contributed by atoms with E-state index in [2.05, 4.69) is 45.6 Å². The van der Waals surface area contributed by atoms with Crippen LogP contribution in [0.25, 0.3) is 0 Å². The molecule has 7 heteroatoms. The van der Waals surface area contributed by atoms with Gasteiger partial charge in [0.15, 0.2) is 18.1 Å². The lowest BCUT2D eigenvalue weighted by molar-refractivity contribution is -0.123. The molecule has 0 fully saturated rings. The lowest BCUT2D eigenvalue weighted by Crippen LogP contribution is -2.28. The van der Waals surface area contributed by atoms with Crippen LogP contribution in [-0.4, -0.2) is 19.1 Å². The molecule has 0 spiro atoms. The molecule has 3 aromatic rings. The van der Waals surface area contributed by atoms with E-state index in [1.165, 1.54) is 5.56 Å². The van der Waals surface area contributed by atoms with Crippen molar-refractivity contribution in [2.45, 2.75) is 33.0 Å². The topological polar surface area (TPSA) is 59.6 Å². The highest BCUT2D eigenvalue weighted by Gasteiger charge is 2.14. The zero-order valence-electron chi connectivity index (χ0n) is 18.8. The van der Waals surface area contributed by atoms with Crippen LogP contribution in [0.2, 0.25) is 0 Å². The zero-order chi connectivity index (χ0) is 22.8. The monoisotopic (exact) mass is 532 g/mol. The highest BCUT2D eigenvalue weighted by molar-refractivity contribution is 9.10. The first-order valence-corrected chi connectivity index (χ1v) is 11.5. The minimum absolute atomic E-state index is 0. The second-order valence-electron chi connectivity index (χ2n) is 7.39. The van der Waals surface area contributed by atoms with E-state index >= 15 is 0 Å². The number of ether oxygens (including phenoxy) is 2. The number of halogens is 2. The average molecular weight is 534 g/mol. The molecule has 0 bridgehead atoms. The second kappa shape index (κ2) is 13.9. The van der Waals surface area contributed by atoms with Crippen LogP contribution in [0.1, 0.15) is 36.6 Å². The van der Waals surface area contributed by atoms with Gasteiger partial charge in [0.25, 0.3) is 5.91 Å². The van der Waals surface area contributed by atoms with Gasteiger partial charge in [-0.25, -0.2) is 0 Å². The summed E-state index contributed by atoms with van der Waals surface area (Å²) in [6.45, 7) is 5.61. The molecule has 3 aromatic carbocycles. The highest BCUT2D eigenvalue weighted by Crippen LogP contribution is 2.34. The van der Waals surface area contributed by atoms with Gasteiger partial charge >= 0.3 is 0 Å². The normalized spacial score (nSPS) is 11.2. The number of carbonyl (C=O) groups excluding carboxylic acids is 1. The first-order chi connectivity index (χ1) is 15.6. The first-order valence-electron chi connectivity index (χ1n) is 10.7. The van der Waals surface area contributed by atoms with E-state index in [-0.39, 0.29) is 31.0 Å². The van der Waals surface area contributed by atoms with Crippen LogP contribution >= 0.6 is 28.3 Å². The summed E-state index contributed by atoms with van der Waals surface area (Å²) >= 11 is 3.63. The van der Waals surface area contributed by atoms with Gasteiger partial charge in [-0.2, -0.15) is 0 Å². The van der Waals surface area contributed by atoms with Crippen LogP contribution in [0.5, 0.6) is 11.5 Å². The Bertz CT molecular complexity index is 1000. The molecular formula is C26H30BrClN2O3. The molecule has 0 saturated carbocycles. The Labute approximate surface area is 210 Å². The number of nitrogens with one attached hydrogen (secondary N) is 2. The van der Waals surface area contributed by atoms with Crippen LogP contribution in [0, 0.1) is 0 Å². The minimum atomic E-state index is -0.185. The van der Waals surface area contributed by atoms with Crippen molar-refractivity contribution in [3.63, 3.8) is 0 Å². The summed E-state index contributed by atoms with van der Waals surface area (Å²) in [5, 5.41) is 6.41. The largest absolute Gasteiger partial charge is 0.490 e. The number of benzene rings is 3. The number of hydrogen-bond donors (Lipinski definition) is 2. The van der Waals surface area contributed by atoms with Gasteiger partial charge in [-0.1, -0.05) is 76.6 Å². The van der Waals surface area contributed by atoms with Crippen molar-refractivity contribution in [2.75, 3.05) is 13.2 Å². The summed E-state index contributed by atoms with van der Waals surface area (Å²) in [6, 6.07) is 24.1. The lowest BCUT2D eigenvalue weighted by atomic mass is 10.1. The predicted octanol–water partition coefficient (Wildman–Crippen LogP) is 5.82. The van der Waals surface area contributed by atoms with Crippen molar-refractivity contribution in [3.8, 4) is 11.5 Å². The molecule has 2 N–H and O–H groups in total. The molecule has 0 aliphatic carbocycles. The molecule has 0 aliphatic heterocycles. The second-order valence-corrected chi connectivity index (χ2v) is 8.24. The van der Waals surface area contributed by atoms with E-state index in [1.54, 1.807) is 0 Å². The van der Waals surface area contributed by atoms with Crippen molar-refractivity contribution in [1.29, 1.82) is 0 Å². The van der Waals surface area contributed by atoms with Gasteiger partial charge < -0.3 is 20.1 Å². The van der Waals surface area contributed by atoms with Gasteiger partial charge in [0.2, 0.25) is 0 Å². The van der Waals surface area contributed by atoms with E-state index in [0.717, 1.165) is 15.6 Å². The van der Waals surface area contributed by atoms with Crippen LogP contribution in [0.15, 0.2) is 77.3 Å². The van der Waals surface area contributed by atoms with Gasteiger partial charge in [-0.05, 0) is 42.7 Å². The molecule has 1 amide bonds. The maximum atomic E-state index is 12.2. The minimum Gasteiger partial charge on any atom is -0.490 e. The molecule has 1 atom stereocenters. The van der Waals surface area contributed by atoms with Crippen molar-refractivity contribution < 1.29 is 14.3 Å². The van der Waals surface area contributed by atoms with Gasteiger partial charge in [0, 0.05) is 23.6 Å². The summed E-state index contributed by atoms with van der Waals surface area (Å²) in [4.78, 5) is 12.2. The van der Waals surface area contributed by atoms with Crippen LogP contribution in [0.3, 0.4) is 0 Å². The molecule has 3 rings (SSSR count). The standard InChI is InChI=1S/C26H29BrN2O3.ClH/c1-3-31-24-14-22(17-28-19(2)21-12-8-5-9-13-21)23(27)15-25(24)32-18-26(30)29-16-20-10-6-4-7-11-20;/h4-15,19,28H,3,16-18H2,1-2H3,(H,29,30);1H. The first kappa shape index (κ1) is 26.7. The quantitative estimate of drug-likeness (QED) is 0.326. The Balaban J connectivity index is 0.00000385. The number of hydrogen-bond acceptors (Lipinski definition) is 4.